The first-order valence-corrected chi connectivity index (χ1v) is 12.2. The van der Waals surface area contributed by atoms with E-state index in [1.54, 1.807) is 0 Å². The fourth-order valence-corrected chi connectivity index (χ4v) is 3.21. The molecule has 0 fully saturated rings. The van der Waals surface area contributed by atoms with Crippen LogP contribution >= 0.6 is 27.5 Å². The number of nitrogens with zero attached hydrogens (tertiary/aromatic N) is 5. The third kappa shape index (κ3) is 8.09. The van der Waals surface area contributed by atoms with Gasteiger partial charge in [-0.2, -0.15) is 5.10 Å². The highest BCUT2D eigenvalue weighted by molar-refractivity contribution is 9.10. The number of allylic oxidation sites excluding steroid dienone is 1. The van der Waals surface area contributed by atoms with E-state index in [0.717, 1.165) is 17.2 Å². The van der Waals surface area contributed by atoms with E-state index in [1.807, 2.05) is 73.8 Å². The number of ether oxygens (including phenoxy) is 1. The average Bonchev–Trinajstić information content (AvgIpc) is 2.88. The van der Waals surface area contributed by atoms with Crippen LogP contribution in [-0.4, -0.2) is 32.7 Å². The first kappa shape index (κ1) is 27.8. The Kier molecular flexibility index (Phi) is 11.2. The minimum atomic E-state index is 0.358. The van der Waals surface area contributed by atoms with Gasteiger partial charge in [0, 0.05) is 18.1 Å². The lowest BCUT2D eigenvalue weighted by Gasteiger charge is -2.18. The summed E-state index contributed by atoms with van der Waals surface area (Å²) in [5.74, 6) is 2.51. The normalized spacial score (nSPS) is 12.5. The zero-order chi connectivity index (χ0) is 25.8. The van der Waals surface area contributed by atoms with Gasteiger partial charge in [-0.1, -0.05) is 39.3 Å². The fraction of sp³-hybridized carbons (Fsp3) is 0.231. The van der Waals surface area contributed by atoms with Gasteiger partial charge in [-0.15, -0.1) is 12.8 Å². The number of aromatic nitrogens is 3. The highest BCUT2D eigenvalue weighted by Crippen LogP contribution is 2.29. The summed E-state index contributed by atoms with van der Waals surface area (Å²) in [6, 6.07) is 9.42. The van der Waals surface area contributed by atoms with Crippen LogP contribution in [0.2, 0.25) is 5.15 Å². The molecule has 1 aromatic carbocycles. The van der Waals surface area contributed by atoms with Gasteiger partial charge in [0.15, 0.2) is 5.82 Å². The summed E-state index contributed by atoms with van der Waals surface area (Å²) in [4.78, 5) is 12.9. The Morgan fingerprint density at radius 3 is 2.54 bits per heavy atom. The number of hydrogen-bond acceptors (Lipinski definition) is 7. The summed E-state index contributed by atoms with van der Waals surface area (Å²) >= 11 is 9.50. The van der Waals surface area contributed by atoms with Gasteiger partial charge in [0.05, 0.1) is 16.5 Å². The maximum atomic E-state index is 6.14. The van der Waals surface area contributed by atoms with Crippen LogP contribution in [0.4, 0.5) is 11.5 Å². The van der Waals surface area contributed by atoms with E-state index in [0.29, 0.717) is 38.9 Å². The maximum Gasteiger partial charge on any atom is 0.160 e. The second-order valence-corrected chi connectivity index (χ2v) is 8.37. The molecule has 0 spiro atoms. The Hall–Kier alpha value is -3.41. The molecule has 0 saturated heterocycles. The Morgan fingerprint density at radius 1 is 1.20 bits per heavy atom. The van der Waals surface area contributed by atoms with Gasteiger partial charge in [0.1, 0.15) is 28.5 Å². The minimum Gasteiger partial charge on any atom is -0.458 e. The van der Waals surface area contributed by atoms with Crippen LogP contribution in [0.3, 0.4) is 0 Å². The standard InChI is InChI=1S/C22H20BrClN6O.C2H6.C2H2/c1-14(2)12-27-30-9-7-17(8-10-30)31-16-5-3-15(4-6-16)28-22-20-19(25-13-26-22)11-18(23)21(24)29-20;2*1-2/h3-9,11-14H,10H2,1-2H3,(H,25,26,28);1-2H3;1-2H/b27-12-;;. The molecule has 0 atom stereocenters. The van der Waals surface area contributed by atoms with Crippen molar-refractivity contribution in [2.24, 2.45) is 11.0 Å². The number of nitrogens with one attached hydrogen (secondary N) is 1. The van der Waals surface area contributed by atoms with Crippen molar-refractivity contribution in [3.63, 3.8) is 0 Å². The molecule has 4 rings (SSSR count). The van der Waals surface area contributed by atoms with Crippen LogP contribution in [-0.2, 0) is 0 Å². The lowest BCUT2D eigenvalue weighted by Crippen LogP contribution is -2.15. The van der Waals surface area contributed by atoms with Crippen LogP contribution < -0.4 is 10.1 Å². The smallest absolute Gasteiger partial charge is 0.160 e. The molecular formula is C26H28BrClN6O. The third-order valence-corrected chi connectivity index (χ3v) is 5.40. The SMILES string of the molecule is C#C.CC.CC(C)/C=N\N1C=CC(Oc2ccc(Nc3ncnc4cc(Br)c(Cl)nc34)cc2)=CC1. The quantitative estimate of drug-likeness (QED) is 0.197. The van der Waals surface area contributed by atoms with E-state index >= 15 is 0 Å². The first-order chi connectivity index (χ1) is 17.0. The monoisotopic (exact) mass is 554 g/mol. The van der Waals surface area contributed by atoms with Gasteiger partial charge in [0.25, 0.3) is 0 Å². The van der Waals surface area contributed by atoms with E-state index in [1.165, 1.54) is 6.33 Å². The molecule has 1 N–H and O–H groups in total. The zero-order valence-electron chi connectivity index (χ0n) is 20.1. The summed E-state index contributed by atoms with van der Waals surface area (Å²) in [5, 5.41) is 9.88. The minimum absolute atomic E-state index is 0.358. The Morgan fingerprint density at radius 2 is 1.91 bits per heavy atom. The second kappa shape index (κ2) is 14.1. The highest BCUT2D eigenvalue weighted by atomic mass is 79.9. The largest absolute Gasteiger partial charge is 0.458 e. The molecule has 0 radical (unpaired) electrons. The Bertz CT molecular complexity index is 1220. The average molecular weight is 556 g/mol. The van der Waals surface area contributed by atoms with E-state index in [9.17, 15) is 0 Å². The maximum absolute atomic E-state index is 6.14. The van der Waals surface area contributed by atoms with Crippen LogP contribution in [0.25, 0.3) is 11.0 Å². The van der Waals surface area contributed by atoms with Crippen LogP contribution in [0, 0.1) is 18.8 Å². The van der Waals surface area contributed by atoms with Crippen molar-refractivity contribution < 1.29 is 4.74 Å². The first-order valence-electron chi connectivity index (χ1n) is 11.0. The summed E-state index contributed by atoms with van der Waals surface area (Å²) < 4.78 is 6.63. The summed E-state index contributed by atoms with van der Waals surface area (Å²) in [6.07, 6.45) is 17.2. The summed E-state index contributed by atoms with van der Waals surface area (Å²) in [6.45, 7) is 8.86. The number of terminal acetylenes is 1. The number of rotatable bonds is 6. The Labute approximate surface area is 220 Å². The number of benzene rings is 1. The van der Waals surface area contributed by atoms with Gasteiger partial charge < -0.3 is 10.1 Å². The van der Waals surface area contributed by atoms with Crippen LogP contribution in [0.1, 0.15) is 27.7 Å². The molecule has 2 aromatic heterocycles. The fourth-order valence-electron chi connectivity index (χ4n) is 2.76. The van der Waals surface area contributed by atoms with Crippen molar-refractivity contribution >= 4 is 56.3 Å². The van der Waals surface area contributed by atoms with Crippen LogP contribution in [0.5, 0.6) is 5.75 Å². The molecule has 3 heterocycles. The number of pyridine rings is 1. The zero-order valence-corrected chi connectivity index (χ0v) is 22.5. The van der Waals surface area contributed by atoms with E-state index in [2.05, 4.69) is 68.0 Å². The van der Waals surface area contributed by atoms with Crippen molar-refractivity contribution in [1.82, 2.24) is 20.0 Å². The molecule has 3 aromatic rings. The van der Waals surface area contributed by atoms with Gasteiger partial charge in [-0.3, -0.25) is 5.01 Å². The molecule has 1 aliphatic heterocycles. The molecule has 0 saturated carbocycles. The van der Waals surface area contributed by atoms with Crippen molar-refractivity contribution in [2.45, 2.75) is 27.7 Å². The summed E-state index contributed by atoms with van der Waals surface area (Å²) in [7, 11) is 0. The second-order valence-electron chi connectivity index (χ2n) is 7.16. The number of hydrogen-bond donors (Lipinski definition) is 1. The highest BCUT2D eigenvalue weighted by Gasteiger charge is 2.10. The number of anilines is 2. The number of fused-ring (bicyclic) bond motifs is 1. The van der Waals surface area contributed by atoms with E-state index in [-0.39, 0.29) is 0 Å². The predicted octanol–water partition coefficient (Wildman–Crippen LogP) is 7.19. The molecule has 7 nitrogen and oxygen atoms in total. The van der Waals surface area contributed by atoms with Gasteiger partial charge >= 0.3 is 0 Å². The number of hydrazone groups is 1. The van der Waals surface area contributed by atoms with Crippen molar-refractivity contribution in [1.29, 1.82) is 0 Å². The molecular weight excluding hydrogens is 528 g/mol. The van der Waals surface area contributed by atoms with Crippen molar-refractivity contribution in [3.8, 4) is 18.6 Å². The predicted molar refractivity (Wildman–Crippen MR) is 149 cm³/mol. The van der Waals surface area contributed by atoms with Gasteiger partial charge in [-0.05, 0) is 64.3 Å². The topological polar surface area (TPSA) is 75.5 Å². The van der Waals surface area contributed by atoms with Gasteiger partial charge in [0.2, 0.25) is 0 Å². The molecule has 1 aliphatic rings. The molecule has 35 heavy (non-hydrogen) atoms. The Balaban J connectivity index is 0.00000103. The molecule has 182 valence electrons. The van der Waals surface area contributed by atoms with E-state index in [4.69, 9.17) is 16.3 Å². The number of halogens is 2. The molecule has 9 heteroatoms. The summed E-state index contributed by atoms with van der Waals surface area (Å²) in [5.41, 5.74) is 2.13. The van der Waals surface area contributed by atoms with Gasteiger partial charge in [-0.25, -0.2) is 15.0 Å². The van der Waals surface area contributed by atoms with Crippen molar-refractivity contribution in [2.75, 3.05) is 11.9 Å². The lowest BCUT2D eigenvalue weighted by atomic mass is 10.2. The lowest BCUT2D eigenvalue weighted by molar-refractivity contribution is 0.394. The third-order valence-electron chi connectivity index (χ3n) is 4.28. The molecule has 0 unspecified atom stereocenters. The van der Waals surface area contributed by atoms with E-state index < -0.39 is 0 Å². The molecule has 0 aliphatic carbocycles. The molecule has 0 bridgehead atoms. The molecule has 0 amide bonds. The van der Waals surface area contributed by atoms with Crippen molar-refractivity contribution in [3.05, 3.63) is 70.4 Å². The van der Waals surface area contributed by atoms with Crippen LogP contribution in [0.15, 0.2) is 70.3 Å².